The third-order valence-electron chi connectivity index (χ3n) is 4.29. The summed E-state index contributed by atoms with van der Waals surface area (Å²) in [6.07, 6.45) is 4.84. The van der Waals surface area contributed by atoms with Gasteiger partial charge in [0.25, 0.3) is 0 Å². The normalized spacial score (nSPS) is 25.0. The SMILES string of the molecule is O=C(O)C1CN(C2CCCCc3ccccc32)C1. The molecule has 1 atom stereocenters. The topological polar surface area (TPSA) is 40.5 Å². The molecule has 1 aromatic rings. The summed E-state index contributed by atoms with van der Waals surface area (Å²) in [5.41, 5.74) is 2.89. The van der Waals surface area contributed by atoms with E-state index in [1.165, 1.54) is 36.8 Å². The van der Waals surface area contributed by atoms with Gasteiger partial charge in [-0.3, -0.25) is 9.69 Å². The molecular formula is C15H19NO2. The van der Waals surface area contributed by atoms with Gasteiger partial charge in [0.05, 0.1) is 5.92 Å². The van der Waals surface area contributed by atoms with Crippen molar-refractivity contribution in [3.8, 4) is 0 Å². The Balaban J connectivity index is 1.79. The number of carboxylic acid groups (broad SMARTS) is 1. The van der Waals surface area contributed by atoms with Crippen molar-refractivity contribution in [3.05, 3.63) is 35.4 Å². The summed E-state index contributed by atoms with van der Waals surface area (Å²) in [5.74, 6) is -0.798. The zero-order valence-electron chi connectivity index (χ0n) is 10.5. The van der Waals surface area contributed by atoms with Crippen molar-refractivity contribution in [2.75, 3.05) is 13.1 Å². The number of nitrogens with zero attached hydrogens (tertiary/aromatic N) is 1. The van der Waals surface area contributed by atoms with E-state index in [-0.39, 0.29) is 5.92 Å². The van der Waals surface area contributed by atoms with E-state index in [2.05, 4.69) is 29.2 Å². The Labute approximate surface area is 107 Å². The number of aryl methyl sites for hydroxylation is 1. The summed E-state index contributed by atoms with van der Waals surface area (Å²) in [7, 11) is 0. The van der Waals surface area contributed by atoms with Gasteiger partial charge >= 0.3 is 5.97 Å². The highest BCUT2D eigenvalue weighted by Crippen LogP contribution is 2.36. The van der Waals surface area contributed by atoms with Gasteiger partial charge in [-0.15, -0.1) is 0 Å². The van der Waals surface area contributed by atoms with Crippen LogP contribution in [0.5, 0.6) is 0 Å². The molecule has 1 aromatic carbocycles. The van der Waals surface area contributed by atoms with Crippen LogP contribution in [-0.4, -0.2) is 29.1 Å². The molecule has 3 nitrogen and oxygen atoms in total. The molecule has 1 unspecified atom stereocenters. The van der Waals surface area contributed by atoms with Crippen LogP contribution in [0.3, 0.4) is 0 Å². The molecule has 1 N–H and O–H groups in total. The highest BCUT2D eigenvalue weighted by molar-refractivity contribution is 5.71. The lowest BCUT2D eigenvalue weighted by atomic mass is 9.91. The number of fused-ring (bicyclic) bond motifs is 1. The molecule has 2 aliphatic rings. The molecule has 1 aliphatic heterocycles. The summed E-state index contributed by atoms with van der Waals surface area (Å²) < 4.78 is 0. The monoisotopic (exact) mass is 245 g/mol. The van der Waals surface area contributed by atoms with Gasteiger partial charge in [-0.05, 0) is 30.4 Å². The molecule has 96 valence electrons. The van der Waals surface area contributed by atoms with E-state index in [0.717, 1.165) is 0 Å². The molecule has 0 saturated carbocycles. The minimum atomic E-state index is -0.645. The average molecular weight is 245 g/mol. The van der Waals surface area contributed by atoms with E-state index < -0.39 is 5.97 Å². The van der Waals surface area contributed by atoms with Gasteiger partial charge in [0.15, 0.2) is 0 Å². The number of carbonyl (C=O) groups is 1. The van der Waals surface area contributed by atoms with E-state index >= 15 is 0 Å². The molecule has 3 rings (SSSR count). The van der Waals surface area contributed by atoms with Gasteiger partial charge in [-0.2, -0.15) is 0 Å². The summed E-state index contributed by atoms with van der Waals surface area (Å²) >= 11 is 0. The number of aliphatic carboxylic acids is 1. The van der Waals surface area contributed by atoms with Crippen LogP contribution in [0.25, 0.3) is 0 Å². The van der Waals surface area contributed by atoms with Crippen molar-refractivity contribution in [2.45, 2.75) is 31.7 Å². The second kappa shape index (κ2) is 4.73. The van der Waals surface area contributed by atoms with Gasteiger partial charge in [0.1, 0.15) is 0 Å². The summed E-state index contributed by atoms with van der Waals surface area (Å²) in [5, 5.41) is 8.97. The van der Waals surface area contributed by atoms with Crippen LogP contribution in [0.2, 0.25) is 0 Å². The first-order valence-electron chi connectivity index (χ1n) is 6.80. The highest BCUT2D eigenvalue weighted by atomic mass is 16.4. The molecule has 0 bridgehead atoms. The van der Waals surface area contributed by atoms with Gasteiger partial charge in [-0.25, -0.2) is 0 Å². The van der Waals surface area contributed by atoms with Crippen LogP contribution >= 0.6 is 0 Å². The van der Waals surface area contributed by atoms with Gasteiger partial charge in [0.2, 0.25) is 0 Å². The van der Waals surface area contributed by atoms with Crippen LogP contribution in [0.15, 0.2) is 24.3 Å². The zero-order valence-corrected chi connectivity index (χ0v) is 10.5. The van der Waals surface area contributed by atoms with E-state index in [9.17, 15) is 4.79 Å². The minimum absolute atomic E-state index is 0.152. The summed E-state index contributed by atoms with van der Waals surface area (Å²) in [4.78, 5) is 13.2. The quantitative estimate of drug-likeness (QED) is 0.814. The third-order valence-corrected chi connectivity index (χ3v) is 4.29. The molecule has 0 aromatic heterocycles. The third kappa shape index (κ3) is 2.03. The van der Waals surface area contributed by atoms with Gasteiger partial charge in [-0.1, -0.05) is 30.7 Å². The lowest BCUT2D eigenvalue weighted by Crippen LogP contribution is -2.51. The summed E-state index contributed by atoms with van der Waals surface area (Å²) in [6, 6.07) is 9.10. The van der Waals surface area contributed by atoms with Crippen molar-refractivity contribution >= 4 is 5.97 Å². The van der Waals surface area contributed by atoms with Crippen LogP contribution in [-0.2, 0) is 11.2 Å². The largest absolute Gasteiger partial charge is 0.481 e. The zero-order chi connectivity index (χ0) is 12.5. The molecular weight excluding hydrogens is 226 g/mol. The Morgan fingerprint density at radius 1 is 1.22 bits per heavy atom. The Morgan fingerprint density at radius 3 is 2.78 bits per heavy atom. The highest BCUT2D eigenvalue weighted by Gasteiger charge is 2.37. The molecule has 1 aliphatic carbocycles. The first-order chi connectivity index (χ1) is 8.75. The van der Waals surface area contributed by atoms with Crippen LogP contribution in [0.4, 0.5) is 0 Å². The second-order valence-corrected chi connectivity index (χ2v) is 5.45. The maximum absolute atomic E-state index is 10.9. The number of hydrogen-bond donors (Lipinski definition) is 1. The fraction of sp³-hybridized carbons (Fsp3) is 0.533. The maximum atomic E-state index is 10.9. The lowest BCUT2D eigenvalue weighted by Gasteiger charge is -2.42. The number of hydrogen-bond acceptors (Lipinski definition) is 2. The molecule has 1 fully saturated rings. The fourth-order valence-corrected chi connectivity index (χ4v) is 3.20. The first-order valence-corrected chi connectivity index (χ1v) is 6.80. The lowest BCUT2D eigenvalue weighted by molar-refractivity contribution is -0.148. The van der Waals surface area contributed by atoms with Gasteiger partial charge < -0.3 is 5.11 Å². The summed E-state index contributed by atoms with van der Waals surface area (Å²) in [6.45, 7) is 1.43. The van der Waals surface area contributed by atoms with Crippen molar-refractivity contribution < 1.29 is 9.90 Å². The van der Waals surface area contributed by atoms with Gasteiger partial charge in [0, 0.05) is 19.1 Å². The fourth-order valence-electron chi connectivity index (χ4n) is 3.20. The number of rotatable bonds is 2. The van der Waals surface area contributed by atoms with E-state index in [1.807, 2.05) is 0 Å². The molecule has 0 radical (unpaired) electrons. The minimum Gasteiger partial charge on any atom is -0.481 e. The molecule has 1 saturated heterocycles. The van der Waals surface area contributed by atoms with Crippen molar-refractivity contribution in [1.82, 2.24) is 4.90 Å². The van der Waals surface area contributed by atoms with Crippen LogP contribution in [0, 0.1) is 5.92 Å². The van der Waals surface area contributed by atoms with Crippen molar-refractivity contribution in [1.29, 1.82) is 0 Å². The maximum Gasteiger partial charge on any atom is 0.309 e. The number of benzene rings is 1. The Bertz CT molecular complexity index is 452. The molecule has 0 spiro atoms. The number of carboxylic acids is 1. The van der Waals surface area contributed by atoms with Crippen LogP contribution in [0.1, 0.15) is 36.4 Å². The Morgan fingerprint density at radius 2 is 2.00 bits per heavy atom. The van der Waals surface area contributed by atoms with E-state index in [0.29, 0.717) is 19.1 Å². The first kappa shape index (κ1) is 11.7. The smallest absolute Gasteiger partial charge is 0.309 e. The predicted octanol–water partition coefficient (Wildman–Crippen LogP) is 2.47. The van der Waals surface area contributed by atoms with Crippen LogP contribution < -0.4 is 0 Å². The molecule has 1 heterocycles. The van der Waals surface area contributed by atoms with Crippen molar-refractivity contribution in [2.24, 2.45) is 5.92 Å². The number of likely N-dealkylation sites (tertiary alicyclic amines) is 1. The molecule has 0 amide bonds. The van der Waals surface area contributed by atoms with E-state index in [4.69, 9.17) is 5.11 Å². The van der Waals surface area contributed by atoms with E-state index in [1.54, 1.807) is 0 Å². The molecule has 3 heteroatoms. The van der Waals surface area contributed by atoms with Crippen molar-refractivity contribution in [3.63, 3.8) is 0 Å². The Kier molecular flexibility index (Phi) is 3.08. The molecule has 18 heavy (non-hydrogen) atoms. The predicted molar refractivity (Wildman–Crippen MR) is 69.4 cm³/mol. The second-order valence-electron chi connectivity index (χ2n) is 5.45. The average Bonchev–Trinajstić information content (AvgIpc) is 2.50. The Hall–Kier alpha value is -1.35. The standard InChI is InChI=1S/C15H19NO2/c17-15(18)12-9-16(10-12)14-8-4-2-6-11-5-1-3-7-13(11)14/h1,3,5,7,12,14H,2,4,6,8-10H2,(H,17,18).